The first-order valence-electron chi connectivity index (χ1n) is 8.71. The number of benzene rings is 2. The highest BCUT2D eigenvalue weighted by atomic mass is 19.1. The molecule has 0 aromatic heterocycles. The van der Waals surface area contributed by atoms with Crippen LogP contribution in [0, 0.1) is 18.7 Å². The molecule has 0 radical (unpaired) electrons. The second-order valence-corrected chi connectivity index (χ2v) is 6.53. The summed E-state index contributed by atoms with van der Waals surface area (Å²) in [7, 11) is 0. The number of carbonyl (C=O) groups is 2. The number of rotatable bonds is 3. The Kier molecular flexibility index (Phi) is 5.51. The molecule has 2 aromatic rings. The summed E-state index contributed by atoms with van der Waals surface area (Å²) in [5.41, 5.74) is 1.99. The molecule has 1 aliphatic rings. The van der Waals surface area contributed by atoms with Crippen LogP contribution in [0.5, 0.6) is 0 Å². The van der Waals surface area contributed by atoms with Crippen LogP contribution in [-0.2, 0) is 4.79 Å². The van der Waals surface area contributed by atoms with Gasteiger partial charge in [0.05, 0.1) is 5.92 Å². The fourth-order valence-electron chi connectivity index (χ4n) is 3.06. The summed E-state index contributed by atoms with van der Waals surface area (Å²) in [5, 5.41) is 5.64. The minimum Gasteiger partial charge on any atom is -0.325 e. The largest absolute Gasteiger partial charge is 0.325 e. The number of likely N-dealkylation sites (tertiary alicyclic amines) is 1. The molecule has 2 N–H and O–H groups in total. The summed E-state index contributed by atoms with van der Waals surface area (Å²) >= 11 is 0. The quantitative estimate of drug-likeness (QED) is 0.874. The van der Waals surface area contributed by atoms with E-state index in [1.807, 2.05) is 37.3 Å². The van der Waals surface area contributed by atoms with Crippen LogP contribution < -0.4 is 10.6 Å². The molecule has 26 heavy (non-hydrogen) atoms. The number of anilines is 2. The maximum Gasteiger partial charge on any atom is 0.321 e. The second-order valence-electron chi connectivity index (χ2n) is 6.53. The number of para-hydroxylation sites is 1. The Balaban J connectivity index is 1.61. The molecule has 1 atom stereocenters. The van der Waals surface area contributed by atoms with Gasteiger partial charge >= 0.3 is 6.03 Å². The first kappa shape index (κ1) is 17.9. The average molecular weight is 355 g/mol. The van der Waals surface area contributed by atoms with E-state index in [4.69, 9.17) is 0 Å². The number of hydrogen-bond donors (Lipinski definition) is 2. The van der Waals surface area contributed by atoms with Crippen molar-refractivity contribution in [2.45, 2.75) is 19.8 Å². The molecule has 0 aliphatic carbocycles. The molecular formula is C20H22FN3O2. The molecule has 3 amide bonds. The molecule has 0 spiro atoms. The number of halogens is 1. The van der Waals surface area contributed by atoms with E-state index in [0.717, 1.165) is 17.7 Å². The number of piperidine rings is 1. The van der Waals surface area contributed by atoms with Crippen molar-refractivity contribution in [3.63, 3.8) is 0 Å². The van der Waals surface area contributed by atoms with Crippen LogP contribution in [0.2, 0.25) is 0 Å². The van der Waals surface area contributed by atoms with Crippen LogP contribution in [0.1, 0.15) is 18.4 Å². The van der Waals surface area contributed by atoms with Crippen molar-refractivity contribution in [1.29, 1.82) is 0 Å². The number of amides is 3. The highest BCUT2D eigenvalue weighted by Gasteiger charge is 2.28. The third-order valence-corrected chi connectivity index (χ3v) is 4.56. The molecule has 1 saturated heterocycles. The highest BCUT2D eigenvalue weighted by Crippen LogP contribution is 2.22. The highest BCUT2D eigenvalue weighted by molar-refractivity contribution is 5.94. The lowest BCUT2D eigenvalue weighted by molar-refractivity contribution is -0.121. The minimum atomic E-state index is -0.390. The van der Waals surface area contributed by atoms with Gasteiger partial charge in [-0.25, -0.2) is 9.18 Å². The second kappa shape index (κ2) is 7.99. The monoisotopic (exact) mass is 355 g/mol. The summed E-state index contributed by atoms with van der Waals surface area (Å²) in [4.78, 5) is 26.6. The number of carbonyl (C=O) groups excluding carboxylic acids is 2. The zero-order valence-corrected chi connectivity index (χ0v) is 14.7. The maximum atomic E-state index is 13.4. The van der Waals surface area contributed by atoms with E-state index >= 15 is 0 Å². The molecule has 136 valence electrons. The Morgan fingerprint density at radius 2 is 1.88 bits per heavy atom. The lowest BCUT2D eigenvalue weighted by Gasteiger charge is -2.32. The summed E-state index contributed by atoms with van der Waals surface area (Å²) in [5.74, 6) is -0.887. The molecule has 0 saturated carbocycles. The number of aryl methyl sites for hydroxylation is 1. The number of nitrogens with one attached hydrogen (secondary N) is 2. The van der Waals surface area contributed by atoms with E-state index in [9.17, 15) is 14.0 Å². The van der Waals surface area contributed by atoms with Crippen molar-refractivity contribution in [3.05, 3.63) is 59.9 Å². The molecule has 2 aromatic carbocycles. The zero-order chi connectivity index (χ0) is 18.5. The van der Waals surface area contributed by atoms with Gasteiger partial charge in [-0.15, -0.1) is 0 Å². The molecule has 1 fully saturated rings. The topological polar surface area (TPSA) is 61.4 Å². The zero-order valence-electron chi connectivity index (χ0n) is 14.7. The SMILES string of the molecule is Cc1ccc(F)cc1NC(=O)[C@H]1CCCN(C(=O)Nc2ccccc2)C1. The van der Waals surface area contributed by atoms with Gasteiger partial charge in [-0.2, -0.15) is 0 Å². The first-order valence-corrected chi connectivity index (χ1v) is 8.71. The minimum absolute atomic E-state index is 0.184. The Bertz CT molecular complexity index is 795. The van der Waals surface area contributed by atoms with E-state index in [0.29, 0.717) is 25.2 Å². The molecule has 0 bridgehead atoms. The van der Waals surface area contributed by atoms with E-state index < -0.39 is 5.82 Å². The van der Waals surface area contributed by atoms with Crippen molar-refractivity contribution in [2.24, 2.45) is 5.92 Å². The fourth-order valence-corrected chi connectivity index (χ4v) is 3.06. The van der Waals surface area contributed by atoms with E-state index in [1.54, 1.807) is 11.0 Å². The van der Waals surface area contributed by atoms with Crippen molar-refractivity contribution < 1.29 is 14.0 Å². The van der Waals surface area contributed by atoms with Crippen LogP contribution in [0.25, 0.3) is 0 Å². The Morgan fingerprint density at radius 3 is 2.65 bits per heavy atom. The summed E-state index contributed by atoms with van der Waals surface area (Å²) in [6.45, 7) is 2.77. The van der Waals surface area contributed by atoms with Gasteiger partial charge in [0.1, 0.15) is 5.82 Å². The Labute approximate surface area is 152 Å². The lowest BCUT2D eigenvalue weighted by atomic mass is 9.97. The van der Waals surface area contributed by atoms with Gasteiger partial charge in [-0.1, -0.05) is 24.3 Å². The Hall–Kier alpha value is -2.89. The van der Waals surface area contributed by atoms with Crippen LogP contribution >= 0.6 is 0 Å². The molecule has 1 aliphatic heterocycles. The molecular weight excluding hydrogens is 333 g/mol. The standard InChI is InChI=1S/C20H22FN3O2/c1-14-9-10-16(21)12-18(14)23-19(25)15-6-5-11-24(13-15)20(26)22-17-7-3-2-4-8-17/h2-4,7-10,12,15H,5-6,11,13H2,1H3,(H,22,26)(H,23,25)/t15-/m0/s1. The molecule has 0 unspecified atom stereocenters. The molecule has 1 heterocycles. The normalized spacial score (nSPS) is 16.8. The fraction of sp³-hybridized carbons (Fsp3) is 0.300. The molecule has 3 rings (SSSR count). The number of hydrogen-bond acceptors (Lipinski definition) is 2. The maximum absolute atomic E-state index is 13.4. The smallest absolute Gasteiger partial charge is 0.321 e. The third kappa shape index (κ3) is 4.39. The summed E-state index contributed by atoms with van der Waals surface area (Å²) in [6, 6.07) is 13.3. The van der Waals surface area contributed by atoms with Gasteiger partial charge in [0.15, 0.2) is 0 Å². The van der Waals surface area contributed by atoms with Gasteiger partial charge in [0.25, 0.3) is 0 Å². The Morgan fingerprint density at radius 1 is 1.12 bits per heavy atom. The van der Waals surface area contributed by atoms with E-state index in [1.165, 1.54) is 12.1 Å². The van der Waals surface area contributed by atoms with Gasteiger partial charge < -0.3 is 15.5 Å². The summed E-state index contributed by atoms with van der Waals surface area (Å²) < 4.78 is 13.4. The van der Waals surface area contributed by atoms with Crippen molar-refractivity contribution >= 4 is 23.3 Å². The predicted octanol–water partition coefficient (Wildman–Crippen LogP) is 4.02. The summed E-state index contributed by atoms with van der Waals surface area (Å²) in [6.07, 6.45) is 1.46. The van der Waals surface area contributed by atoms with E-state index in [2.05, 4.69) is 10.6 Å². The lowest BCUT2D eigenvalue weighted by Crippen LogP contribution is -2.45. The van der Waals surface area contributed by atoms with Crippen molar-refractivity contribution in [3.8, 4) is 0 Å². The van der Waals surface area contributed by atoms with Crippen molar-refractivity contribution in [1.82, 2.24) is 4.90 Å². The van der Waals surface area contributed by atoms with Crippen molar-refractivity contribution in [2.75, 3.05) is 23.7 Å². The van der Waals surface area contributed by atoms with E-state index in [-0.39, 0.29) is 17.9 Å². The average Bonchev–Trinajstić information content (AvgIpc) is 2.65. The van der Waals surface area contributed by atoms with Gasteiger partial charge in [0, 0.05) is 24.5 Å². The number of nitrogens with zero attached hydrogens (tertiary/aromatic N) is 1. The predicted molar refractivity (Wildman–Crippen MR) is 99.5 cm³/mol. The number of urea groups is 1. The third-order valence-electron chi connectivity index (χ3n) is 4.56. The van der Waals surface area contributed by atoms with Crippen LogP contribution in [0.15, 0.2) is 48.5 Å². The van der Waals surface area contributed by atoms with Gasteiger partial charge in [0.2, 0.25) is 5.91 Å². The van der Waals surface area contributed by atoms with Gasteiger partial charge in [-0.05, 0) is 49.6 Å². The first-order chi connectivity index (χ1) is 12.5. The van der Waals surface area contributed by atoms with Crippen LogP contribution in [0.3, 0.4) is 0 Å². The molecule has 6 heteroatoms. The molecule has 5 nitrogen and oxygen atoms in total. The van der Waals surface area contributed by atoms with Crippen LogP contribution in [-0.4, -0.2) is 29.9 Å². The van der Waals surface area contributed by atoms with Gasteiger partial charge in [-0.3, -0.25) is 4.79 Å². The van der Waals surface area contributed by atoms with Crippen LogP contribution in [0.4, 0.5) is 20.6 Å².